The Hall–Kier alpha value is -3.52. The summed E-state index contributed by atoms with van der Waals surface area (Å²) in [6.07, 6.45) is 1.48. The van der Waals surface area contributed by atoms with Crippen molar-refractivity contribution in [1.29, 1.82) is 0 Å². The SMILES string of the molecule is CCOc1cc(/C=C2/NC(=O)N(Cc3cccc(C)c3)C2=O)cc(Cl)c1OCC(=O)O. The van der Waals surface area contributed by atoms with Gasteiger partial charge >= 0.3 is 12.0 Å². The maximum absolute atomic E-state index is 12.8. The summed E-state index contributed by atoms with van der Waals surface area (Å²) in [5.74, 6) is -1.29. The fourth-order valence-electron chi connectivity index (χ4n) is 3.08. The topological polar surface area (TPSA) is 105 Å². The van der Waals surface area contributed by atoms with E-state index in [0.717, 1.165) is 16.0 Å². The van der Waals surface area contributed by atoms with Crippen molar-refractivity contribution < 1.29 is 29.0 Å². The molecular formula is C22H21ClN2O6. The molecule has 2 aromatic rings. The first kappa shape index (κ1) is 22.2. The second kappa shape index (κ2) is 9.53. The maximum atomic E-state index is 12.8. The zero-order valence-corrected chi connectivity index (χ0v) is 17.7. The molecule has 0 aliphatic carbocycles. The van der Waals surface area contributed by atoms with Gasteiger partial charge in [-0.2, -0.15) is 0 Å². The fraction of sp³-hybridized carbons (Fsp3) is 0.227. The van der Waals surface area contributed by atoms with Gasteiger partial charge in [-0.05, 0) is 43.2 Å². The first-order valence-corrected chi connectivity index (χ1v) is 9.87. The van der Waals surface area contributed by atoms with Crippen LogP contribution in [-0.2, 0) is 16.1 Å². The molecule has 0 unspecified atom stereocenters. The van der Waals surface area contributed by atoms with Crippen LogP contribution in [0.5, 0.6) is 11.5 Å². The van der Waals surface area contributed by atoms with Gasteiger partial charge in [-0.1, -0.05) is 41.4 Å². The molecule has 1 saturated heterocycles. The Morgan fingerprint density at radius 2 is 2.00 bits per heavy atom. The van der Waals surface area contributed by atoms with E-state index < -0.39 is 24.5 Å². The molecule has 0 atom stereocenters. The molecule has 3 amide bonds. The molecule has 0 saturated carbocycles. The van der Waals surface area contributed by atoms with E-state index in [1.807, 2.05) is 31.2 Å². The molecule has 1 aliphatic rings. The average molecular weight is 445 g/mol. The molecule has 3 rings (SSSR count). The Kier molecular flexibility index (Phi) is 6.81. The normalized spacial score (nSPS) is 14.7. The quantitative estimate of drug-likeness (QED) is 0.476. The van der Waals surface area contributed by atoms with Crippen molar-refractivity contribution in [2.45, 2.75) is 20.4 Å². The Balaban J connectivity index is 1.86. The van der Waals surface area contributed by atoms with Crippen LogP contribution in [0, 0.1) is 6.92 Å². The number of nitrogens with one attached hydrogen (secondary N) is 1. The second-order valence-corrected chi connectivity index (χ2v) is 7.22. The number of hydrogen-bond acceptors (Lipinski definition) is 5. The van der Waals surface area contributed by atoms with Gasteiger partial charge in [0.25, 0.3) is 5.91 Å². The smallest absolute Gasteiger partial charge is 0.341 e. The molecule has 1 fully saturated rings. The largest absolute Gasteiger partial charge is 0.490 e. The number of urea groups is 1. The molecule has 9 heteroatoms. The third-order valence-corrected chi connectivity index (χ3v) is 4.65. The first-order chi connectivity index (χ1) is 14.8. The molecule has 0 spiro atoms. The monoisotopic (exact) mass is 444 g/mol. The number of carbonyl (C=O) groups is 3. The Bertz CT molecular complexity index is 1070. The number of aryl methyl sites for hydroxylation is 1. The number of carboxylic acids is 1. The van der Waals surface area contributed by atoms with Gasteiger partial charge in [-0.15, -0.1) is 0 Å². The van der Waals surface area contributed by atoms with Gasteiger partial charge in [0.2, 0.25) is 0 Å². The highest BCUT2D eigenvalue weighted by atomic mass is 35.5. The summed E-state index contributed by atoms with van der Waals surface area (Å²) in [4.78, 5) is 37.0. The van der Waals surface area contributed by atoms with Gasteiger partial charge in [-0.25, -0.2) is 9.59 Å². The number of carboxylic acid groups (broad SMARTS) is 1. The molecule has 1 heterocycles. The summed E-state index contributed by atoms with van der Waals surface area (Å²) in [7, 11) is 0. The molecule has 8 nitrogen and oxygen atoms in total. The van der Waals surface area contributed by atoms with E-state index in [1.165, 1.54) is 12.1 Å². The van der Waals surface area contributed by atoms with Crippen molar-refractivity contribution in [2.75, 3.05) is 13.2 Å². The van der Waals surface area contributed by atoms with E-state index >= 15 is 0 Å². The number of carbonyl (C=O) groups excluding carboxylic acids is 2. The molecule has 2 N–H and O–H groups in total. The Morgan fingerprint density at radius 1 is 1.23 bits per heavy atom. The first-order valence-electron chi connectivity index (χ1n) is 9.49. The van der Waals surface area contributed by atoms with Gasteiger partial charge in [0.15, 0.2) is 18.1 Å². The Morgan fingerprint density at radius 3 is 2.68 bits per heavy atom. The highest BCUT2D eigenvalue weighted by Gasteiger charge is 2.33. The second-order valence-electron chi connectivity index (χ2n) is 6.81. The molecular weight excluding hydrogens is 424 g/mol. The summed E-state index contributed by atoms with van der Waals surface area (Å²) < 4.78 is 10.7. The number of ether oxygens (including phenoxy) is 2. The lowest BCUT2D eigenvalue weighted by atomic mass is 10.1. The predicted molar refractivity (Wildman–Crippen MR) is 114 cm³/mol. The van der Waals surface area contributed by atoms with Crippen LogP contribution in [0.4, 0.5) is 4.79 Å². The summed E-state index contributed by atoms with van der Waals surface area (Å²) in [6, 6.07) is 10.1. The van der Waals surface area contributed by atoms with Crippen molar-refractivity contribution in [2.24, 2.45) is 0 Å². The van der Waals surface area contributed by atoms with Gasteiger partial charge in [-0.3, -0.25) is 9.69 Å². The minimum Gasteiger partial charge on any atom is -0.490 e. The molecule has 31 heavy (non-hydrogen) atoms. The number of benzene rings is 2. The van der Waals surface area contributed by atoms with Crippen LogP contribution in [0.2, 0.25) is 5.02 Å². The average Bonchev–Trinajstić information content (AvgIpc) is 2.95. The van der Waals surface area contributed by atoms with Crippen LogP contribution < -0.4 is 14.8 Å². The van der Waals surface area contributed by atoms with Crippen molar-refractivity contribution in [1.82, 2.24) is 10.2 Å². The zero-order valence-electron chi connectivity index (χ0n) is 17.0. The summed E-state index contributed by atoms with van der Waals surface area (Å²) in [5, 5.41) is 11.5. The molecule has 2 aromatic carbocycles. The molecule has 0 aromatic heterocycles. The van der Waals surface area contributed by atoms with E-state index in [2.05, 4.69) is 5.32 Å². The summed E-state index contributed by atoms with van der Waals surface area (Å²) in [6.45, 7) is 3.55. The van der Waals surface area contributed by atoms with Crippen molar-refractivity contribution in [3.63, 3.8) is 0 Å². The minimum absolute atomic E-state index is 0.0929. The van der Waals surface area contributed by atoms with E-state index in [9.17, 15) is 14.4 Å². The standard InChI is InChI=1S/C22H21ClN2O6/c1-3-30-18-10-15(8-16(23)20(18)31-12-19(26)27)9-17-21(28)25(22(29)24-17)11-14-6-4-5-13(2)7-14/h4-10H,3,11-12H2,1-2H3,(H,24,29)(H,26,27)/b17-9+. The summed E-state index contributed by atoms with van der Waals surface area (Å²) in [5.41, 5.74) is 2.45. The predicted octanol–water partition coefficient (Wildman–Crippen LogP) is 3.60. The maximum Gasteiger partial charge on any atom is 0.341 e. The lowest BCUT2D eigenvalue weighted by Crippen LogP contribution is -2.30. The van der Waals surface area contributed by atoms with Crippen LogP contribution >= 0.6 is 11.6 Å². The van der Waals surface area contributed by atoms with Crippen LogP contribution in [0.15, 0.2) is 42.1 Å². The minimum atomic E-state index is -1.15. The lowest BCUT2D eigenvalue weighted by molar-refractivity contribution is -0.139. The van der Waals surface area contributed by atoms with Crippen LogP contribution in [0.1, 0.15) is 23.6 Å². The molecule has 0 bridgehead atoms. The van der Waals surface area contributed by atoms with Crippen LogP contribution in [0.25, 0.3) is 6.08 Å². The number of hydrogen-bond donors (Lipinski definition) is 2. The number of rotatable bonds is 8. The number of amides is 3. The number of aliphatic carboxylic acids is 1. The van der Waals surface area contributed by atoms with E-state index in [4.69, 9.17) is 26.2 Å². The Labute approximate surface area is 184 Å². The van der Waals surface area contributed by atoms with Crippen molar-refractivity contribution in [3.8, 4) is 11.5 Å². The third kappa shape index (κ3) is 5.35. The molecule has 162 valence electrons. The number of nitrogens with zero attached hydrogens (tertiary/aromatic N) is 1. The van der Waals surface area contributed by atoms with Gasteiger partial charge < -0.3 is 19.9 Å². The molecule has 0 radical (unpaired) electrons. The van der Waals surface area contributed by atoms with Crippen LogP contribution in [-0.4, -0.2) is 41.1 Å². The van der Waals surface area contributed by atoms with Gasteiger partial charge in [0.1, 0.15) is 5.70 Å². The highest BCUT2D eigenvalue weighted by molar-refractivity contribution is 6.32. The van der Waals surface area contributed by atoms with Crippen LogP contribution in [0.3, 0.4) is 0 Å². The highest BCUT2D eigenvalue weighted by Crippen LogP contribution is 2.37. The number of halogens is 1. The summed E-state index contributed by atoms with van der Waals surface area (Å²) >= 11 is 6.25. The van der Waals surface area contributed by atoms with E-state index in [0.29, 0.717) is 12.2 Å². The van der Waals surface area contributed by atoms with Crippen molar-refractivity contribution >= 4 is 35.6 Å². The van der Waals surface area contributed by atoms with Gasteiger partial charge in [0.05, 0.1) is 18.2 Å². The third-order valence-electron chi connectivity index (χ3n) is 4.37. The van der Waals surface area contributed by atoms with Crippen molar-refractivity contribution in [3.05, 3.63) is 63.8 Å². The lowest BCUT2D eigenvalue weighted by Gasteiger charge is -2.13. The number of imide groups is 1. The van der Waals surface area contributed by atoms with Gasteiger partial charge in [0, 0.05) is 0 Å². The fourth-order valence-corrected chi connectivity index (χ4v) is 3.36. The van der Waals surface area contributed by atoms with E-state index in [-0.39, 0.29) is 28.8 Å². The zero-order chi connectivity index (χ0) is 22.5. The molecule has 1 aliphatic heterocycles. The van der Waals surface area contributed by atoms with E-state index in [1.54, 1.807) is 13.0 Å².